The van der Waals surface area contributed by atoms with Crippen molar-refractivity contribution < 1.29 is 9.18 Å². The summed E-state index contributed by atoms with van der Waals surface area (Å²) in [6.07, 6.45) is 6.07. The van der Waals surface area contributed by atoms with E-state index in [2.05, 4.69) is 48.1 Å². The summed E-state index contributed by atoms with van der Waals surface area (Å²) >= 11 is 0. The monoisotopic (exact) mass is 350 g/mol. The molecule has 0 aliphatic heterocycles. The SMILES string of the molecule is CC#CC(=O)Nc1cc(-c2cnc(C)c(/C(C)=C\CCC)c2)ccc1F. The molecule has 1 aromatic carbocycles. The smallest absolute Gasteiger partial charge is 0.300 e. The van der Waals surface area contributed by atoms with E-state index in [1.54, 1.807) is 25.3 Å². The lowest BCUT2D eigenvalue weighted by Crippen LogP contribution is -2.09. The number of nitrogens with one attached hydrogen (secondary N) is 1. The molecule has 0 radical (unpaired) electrons. The number of amides is 1. The molecule has 1 heterocycles. The number of hydrogen-bond acceptors (Lipinski definition) is 2. The molecule has 1 amide bonds. The largest absolute Gasteiger partial charge is 0.313 e. The molecule has 0 bridgehead atoms. The number of unbranched alkanes of at least 4 members (excludes halogenated alkanes) is 1. The highest BCUT2D eigenvalue weighted by Crippen LogP contribution is 2.28. The predicted molar refractivity (Wildman–Crippen MR) is 105 cm³/mol. The summed E-state index contributed by atoms with van der Waals surface area (Å²) in [7, 11) is 0. The van der Waals surface area contributed by atoms with Gasteiger partial charge in [0.2, 0.25) is 0 Å². The molecule has 2 aromatic rings. The van der Waals surface area contributed by atoms with E-state index in [9.17, 15) is 9.18 Å². The third kappa shape index (κ3) is 4.80. The van der Waals surface area contributed by atoms with Crippen LogP contribution in [0.1, 0.15) is 44.9 Å². The van der Waals surface area contributed by atoms with Crippen LogP contribution in [0.25, 0.3) is 16.7 Å². The van der Waals surface area contributed by atoms with Crippen LogP contribution >= 0.6 is 0 Å². The molecule has 0 unspecified atom stereocenters. The summed E-state index contributed by atoms with van der Waals surface area (Å²) in [5, 5.41) is 2.48. The summed E-state index contributed by atoms with van der Waals surface area (Å²) in [5.74, 6) is 3.80. The van der Waals surface area contributed by atoms with Crippen molar-refractivity contribution in [1.29, 1.82) is 0 Å². The summed E-state index contributed by atoms with van der Waals surface area (Å²) < 4.78 is 14.0. The van der Waals surface area contributed by atoms with E-state index in [1.807, 2.05) is 6.92 Å². The first kappa shape index (κ1) is 19.4. The second kappa shape index (κ2) is 8.96. The number of benzene rings is 1. The number of pyridine rings is 1. The summed E-state index contributed by atoms with van der Waals surface area (Å²) in [5.41, 5.74) is 4.95. The number of carbonyl (C=O) groups is 1. The van der Waals surface area contributed by atoms with Gasteiger partial charge in [-0.1, -0.05) is 31.4 Å². The van der Waals surface area contributed by atoms with Crippen LogP contribution < -0.4 is 5.32 Å². The summed E-state index contributed by atoms with van der Waals surface area (Å²) in [6, 6.07) is 6.67. The molecule has 2 rings (SSSR count). The van der Waals surface area contributed by atoms with Gasteiger partial charge in [-0.25, -0.2) is 4.39 Å². The zero-order chi connectivity index (χ0) is 19.1. The second-order valence-electron chi connectivity index (χ2n) is 6.06. The fourth-order valence-corrected chi connectivity index (χ4v) is 2.63. The Hall–Kier alpha value is -2.93. The van der Waals surface area contributed by atoms with Crippen LogP contribution in [-0.2, 0) is 4.79 Å². The highest BCUT2D eigenvalue weighted by Gasteiger charge is 2.10. The quantitative estimate of drug-likeness (QED) is 0.738. The zero-order valence-electron chi connectivity index (χ0n) is 15.6. The average Bonchev–Trinajstić information content (AvgIpc) is 2.62. The highest BCUT2D eigenvalue weighted by molar-refractivity contribution is 6.04. The number of rotatable bonds is 5. The van der Waals surface area contributed by atoms with E-state index >= 15 is 0 Å². The molecule has 1 aromatic heterocycles. The van der Waals surface area contributed by atoms with Crippen molar-refractivity contribution in [2.45, 2.75) is 40.5 Å². The van der Waals surface area contributed by atoms with Crippen LogP contribution in [-0.4, -0.2) is 10.9 Å². The highest BCUT2D eigenvalue weighted by atomic mass is 19.1. The number of carbonyl (C=O) groups excluding carboxylic acids is 1. The van der Waals surface area contributed by atoms with Crippen molar-refractivity contribution in [2.24, 2.45) is 0 Å². The van der Waals surface area contributed by atoms with E-state index in [1.165, 1.54) is 11.6 Å². The first-order valence-corrected chi connectivity index (χ1v) is 8.63. The topological polar surface area (TPSA) is 42.0 Å². The minimum atomic E-state index is -0.537. The van der Waals surface area contributed by atoms with Crippen LogP contribution in [0, 0.1) is 24.6 Å². The van der Waals surface area contributed by atoms with Gasteiger partial charge in [-0.3, -0.25) is 9.78 Å². The lowest BCUT2D eigenvalue weighted by Gasteiger charge is -2.11. The van der Waals surface area contributed by atoms with Gasteiger partial charge in [-0.2, -0.15) is 0 Å². The Bertz CT molecular complexity index is 904. The molecule has 0 saturated heterocycles. The summed E-state index contributed by atoms with van der Waals surface area (Å²) in [6.45, 7) is 7.74. The lowest BCUT2D eigenvalue weighted by molar-refractivity contribution is -0.111. The molecular weight excluding hydrogens is 327 g/mol. The molecule has 0 fully saturated rings. The lowest BCUT2D eigenvalue weighted by atomic mass is 9.99. The number of halogens is 1. The fourth-order valence-electron chi connectivity index (χ4n) is 2.63. The zero-order valence-corrected chi connectivity index (χ0v) is 15.6. The van der Waals surface area contributed by atoms with Gasteiger partial charge in [0.25, 0.3) is 5.91 Å². The van der Waals surface area contributed by atoms with Crippen molar-refractivity contribution in [3.05, 3.63) is 53.6 Å². The molecule has 3 nitrogen and oxygen atoms in total. The van der Waals surface area contributed by atoms with Gasteiger partial charge in [-0.15, -0.1) is 0 Å². The third-order valence-electron chi connectivity index (χ3n) is 4.04. The van der Waals surface area contributed by atoms with Crippen LogP contribution in [0.5, 0.6) is 0 Å². The van der Waals surface area contributed by atoms with Gasteiger partial charge < -0.3 is 5.32 Å². The molecule has 1 N–H and O–H groups in total. The Labute approximate surface area is 154 Å². The van der Waals surface area contributed by atoms with Crippen LogP contribution in [0.2, 0.25) is 0 Å². The number of anilines is 1. The number of nitrogens with zero attached hydrogens (tertiary/aromatic N) is 1. The fraction of sp³-hybridized carbons (Fsp3) is 0.273. The first-order valence-electron chi connectivity index (χ1n) is 8.63. The molecule has 4 heteroatoms. The standard InChI is InChI=1S/C22H23FN2O/c1-5-7-9-15(3)19-12-18(14-24-16(19)4)17-10-11-20(23)21(13-17)25-22(26)8-6-2/h9-14H,5,7H2,1-4H3,(H,25,26)/b15-9-. The Morgan fingerprint density at radius 1 is 1.31 bits per heavy atom. The van der Waals surface area contributed by atoms with Crippen molar-refractivity contribution in [2.75, 3.05) is 5.32 Å². The number of aromatic nitrogens is 1. The van der Waals surface area contributed by atoms with Crippen LogP contribution in [0.3, 0.4) is 0 Å². The third-order valence-corrected chi connectivity index (χ3v) is 4.04. The Kier molecular flexibility index (Phi) is 6.68. The van der Waals surface area contributed by atoms with E-state index in [0.717, 1.165) is 35.2 Å². The van der Waals surface area contributed by atoms with Gasteiger partial charge in [0.05, 0.1) is 5.69 Å². The number of hydrogen-bond donors (Lipinski definition) is 1. The average molecular weight is 350 g/mol. The van der Waals surface area contributed by atoms with Crippen molar-refractivity contribution >= 4 is 17.2 Å². The Morgan fingerprint density at radius 2 is 2.08 bits per heavy atom. The second-order valence-corrected chi connectivity index (χ2v) is 6.06. The minimum Gasteiger partial charge on any atom is -0.313 e. The van der Waals surface area contributed by atoms with Gasteiger partial charge in [0.1, 0.15) is 5.82 Å². The summed E-state index contributed by atoms with van der Waals surface area (Å²) in [4.78, 5) is 16.1. The minimum absolute atomic E-state index is 0.107. The van der Waals surface area contributed by atoms with Gasteiger partial charge in [0, 0.05) is 17.5 Å². The van der Waals surface area contributed by atoms with Crippen molar-refractivity contribution in [3.63, 3.8) is 0 Å². The molecule has 134 valence electrons. The van der Waals surface area contributed by atoms with Crippen molar-refractivity contribution in [3.8, 4) is 23.0 Å². The molecule has 0 saturated carbocycles. The molecule has 26 heavy (non-hydrogen) atoms. The molecule has 0 spiro atoms. The van der Waals surface area contributed by atoms with Gasteiger partial charge >= 0.3 is 0 Å². The van der Waals surface area contributed by atoms with E-state index in [4.69, 9.17) is 0 Å². The predicted octanol–water partition coefficient (Wildman–Crippen LogP) is 5.36. The molecule has 0 atom stereocenters. The molecule has 0 aliphatic carbocycles. The number of aryl methyl sites for hydroxylation is 1. The first-order chi connectivity index (χ1) is 12.5. The molecular formula is C22H23FN2O. The van der Waals surface area contributed by atoms with Crippen LogP contribution in [0.4, 0.5) is 10.1 Å². The van der Waals surface area contributed by atoms with E-state index < -0.39 is 11.7 Å². The Morgan fingerprint density at radius 3 is 2.77 bits per heavy atom. The molecule has 0 aliphatic rings. The normalized spacial score (nSPS) is 10.9. The van der Waals surface area contributed by atoms with Gasteiger partial charge in [-0.05, 0) is 68.0 Å². The number of allylic oxidation sites excluding steroid dienone is 2. The van der Waals surface area contributed by atoms with E-state index in [0.29, 0.717) is 0 Å². The maximum atomic E-state index is 14.0. The maximum Gasteiger partial charge on any atom is 0.300 e. The van der Waals surface area contributed by atoms with Crippen LogP contribution in [0.15, 0.2) is 36.5 Å². The van der Waals surface area contributed by atoms with Gasteiger partial charge in [0.15, 0.2) is 0 Å². The van der Waals surface area contributed by atoms with E-state index in [-0.39, 0.29) is 5.69 Å². The van der Waals surface area contributed by atoms with Crippen molar-refractivity contribution in [1.82, 2.24) is 4.98 Å². The maximum absolute atomic E-state index is 14.0. The Balaban J connectivity index is 2.42.